The van der Waals surface area contributed by atoms with Crippen LogP contribution >= 0.6 is 0 Å². The van der Waals surface area contributed by atoms with Crippen LogP contribution in [0.25, 0.3) is 0 Å². The summed E-state index contributed by atoms with van der Waals surface area (Å²) in [5.74, 6) is -2.82. The molecular weight excluding hydrogens is 214 g/mol. The number of hydrogen-bond acceptors (Lipinski definition) is 2. The summed E-state index contributed by atoms with van der Waals surface area (Å²) in [7, 11) is 0. The Labute approximate surface area is 92.0 Å². The number of hydrogen-bond donors (Lipinski definition) is 0. The molecule has 0 atom stereocenters. The number of Topliss-reactive ketones (excluding diaryl/α,β-unsaturated/α-hetero) is 2. The molecule has 0 saturated heterocycles. The second-order valence-electron chi connectivity index (χ2n) is 4.14. The van der Waals surface area contributed by atoms with Gasteiger partial charge in [-0.1, -0.05) is 0 Å². The van der Waals surface area contributed by atoms with Crippen molar-refractivity contribution >= 4 is 11.6 Å². The minimum atomic E-state index is -0.842. The molecule has 4 heteroatoms. The first kappa shape index (κ1) is 11.2. The van der Waals surface area contributed by atoms with E-state index >= 15 is 0 Å². The van der Waals surface area contributed by atoms with Crippen molar-refractivity contribution in [2.24, 2.45) is 0 Å². The van der Waals surface area contributed by atoms with Gasteiger partial charge in [0.25, 0.3) is 0 Å². The van der Waals surface area contributed by atoms with Crippen molar-refractivity contribution < 1.29 is 18.4 Å². The van der Waals surface area contributed by atoms with E-state index in [9.17, 15) is 18.4 Å². The minimum Gasteiger partial charge on any atom is -0.292 e. The maximum absolute atomic E-state index is 13.5. The summed E-state index contributed by atoms with van der Waals surface area (Å²) in [6, 6.07) is 0. The fourth-order valence-electron chi connectivity index (χ4n) is 2.19. The Hall–Kier alpha value is -1.32. The van der Waals surface area contributed by atoms with Crippen molar-refractivity contribution in [1.29, 1.82) is 0 Å². The van der Waals surface area contributed by atoms with Crippen LogP contribution in [-0.4, -0.2) is 11.6 Å². The highest BCUT2D eigenvalue weighted by Crippen LogP contribution is 2.36. The molecule has 86 valence electrons. The van der Waals surface area contributed by atoms with E-state index in [4.69, 9.17) is 0 Å². The summed E-state index contributed by atoms with van der Waals surface area (Å²) < 4.78 is 27.1. The van der Waals surface area contributed by atoms with Crippen molar-refractivity contribution in [3.05, 3.63) is 22.8 Å². The van der Waals surface area contributed by atoms with Crippen LogP contribution in [0, 0.1) is 0 Å². The molecule has 2 aliphatic rings. The monoisotopic (exact) mass is 226 g/mol. The van der Waals surface area contributed by atoms with E-state index in [0.29, 0.717) is 25.7 Å². The third-order valence-corrected chi connectivity index (χ3v) is 3.05. The Balaban J connectivity index is 2.44. The Morgan fingerprint density at radius 2 is 1.06 bits per heavy atom. The van der Waals surface area contributed by atoms with Gasteiger partial charge in [-0.2, -0.15) is 0 Å². The zero-order chi connectivity index (χ0) is 11.7. The van der Waals surface area contributed by atoms with E-state index in [-0.39, 0.29) is 24.0 Å². The number of carbonyl (C=O) groups excluding carboxylic acids is 2. The third kappa shape index (κ3) is 1.84. The Morgan fingerprint density at radius 3 is 1.44 bits per heavy atom. The molecule has 0 spiro atoms. The highest BCUT2D eigenvalue weighted by molar-refractivity contribution is 5.98. The smallest absolute Gasteiger partial charge is 0.191 e. The lowest BCUT2D eigenvalue weighted by Gasteiger charge is -2.20. The SMILES string of the molecule is O=C1CCCC(C2=C(F)C(=O)CCC2)=C1F. The quantitative estimate of drug-likeness (QED) is 0.688. The van der Waals surface area contributed by atoms with Crippen molar-refractivity contribution in [3.63, 3.8) is 0 Å². The summed E-state index contributed by atoms with van der Waals surface area (Å²) in [5.41, 5.74) is 0.253. The van der Waals surface area contributed by atoms with Crippen molar-refractivity contribution in [3.8, 4) is 0 Å². The van der Waals surface area contributed by atoms with Crippen LogP contribution in [0.2, 0.25) is 0 Å². The Bertz CT molecular complexity index is 379. The van der Waals surface area contributed by atoms with Gasteiger partial charge in [-0.25, -0.2) is 8.78 Å². The first-order valence-corrected chi connectivity index (χ1v) is 5.45. The minimum absolute atomic E-state index is 0.127. The van der Waals surface area contributed by atoms with Crippen LogP contribution in [0.5, 0.6) is 0 Å². The molecule has 0 amide bonds. The number of rotatable bonds is 1. The van der Waals surface area contributed by atoms with Gasteiger partial charge in [0, 0.05) is 12.8 Å². The van der Waals surface area contributed by atoms with Gasteiger partial charge in [-0.15, -0.1) is 0 Å². The highest BCUT2D eigenvalue weighted by Gasteiger charge is 2.29. The normalized spacial score (nSPS) is 23.1. The van der Waals surface area contributed by atoms with Gasteiger partial charge in [0.05, 0.1) is 0 Å². The predicted octanol–water partition coefficient (Wildman–Crippen LogP) is 2.94. The molecule has 16 heavy (non-hydrogen) atoms. The molecule has 0 aromatic heterocycles. The fraction of sp³-hybridized carbons (Fsp3) is 0.500. The topological polar surface area (TPSA) is 34.1 Å². The summed E-state index contributed by atoms with van der Waals surface area (Å²) in [6.07, 6.45) is 2.14. The molecule has 0 aromatic rings. The molecule has 0 aromatic carbocycles. The highest BCUT2D eigenvalue weighted by atomic mass is 19.1. The maximum atomic E-state index is 13.5. The zero-order valence-electron chi connectivity index (χ0n) is 8.82. The summed E-state index contributed by atoms with van der Waals surface area (Å²) >= 11 is 0. The molecule has 0 heterocycles. The average Bonchev–Trinajstić information content (AvgIpc) is 2.27. The van der Waals surface area contributed by atoms with E-state index in [0.717, 1.165) is 0 Å². The van der Waals surface area contributed by atoms with E-state index in [2.05, 4.69) is 0 Å². The van der Waals surface area contributed by atoms with Gasteiger partial charge >= 0.3 is 0 Å². The van der Waals surface area contributed by atoms with Crippen LogP contribution in [-0.2, 0) is 9.59 Å². The lowest BCUT2D eigenvalue weighted by Crippen LogP contribution is -2.15. The summed E-state index contributed by atoms with van der Waals surface area (Å²) in [6.45, 7) is 0. The average molecular weight is 226 g/mol. The van der Waals surface area contributed by atoms with E-state index < -0.39 is 23.2 Å². The number of ketones is 2. The predicted molar refractivity (Wildman–Crippen MR) is 54.0 cm³/mol. The van der Waals surface area contributed by atoms with Crippen LogP contribution in [0.15, 0.2) is 22.8 Å². The van der Waals surface area contributed by atoms with Crippen molar-refractivity contribution in [1.82, 2.24) is 0 Å². The molecule has 0 N–H and O–H groups in total. The van der Waals surface area contributed by atoms with Gasteiger partial charge < -0.3 is 0 Å². The lowest BCUT2D eigenvalue weighted by molar-refractivity contribution is -0.118. The van der Waals surface area contributed by atoms with E-state index in [1.54, 1.807) is 0 Å². The second kappa shape index (κ2) is 4.28. The van der Waals surface area contributed by atoms with Gasteiger partial charge in [0.2, 0.25) is 0 Å². The fourth-order valence-corrected chi connectivity index (χ4v) is 2.19. The molecule has 2 aliphatic carbocycles. The first-order valence-electron chi connectivity index (χ1n) is 5.45. The van der Waals surface area contributed by atoms with Crippen LogP contribution in [0.1, 0.15) is 38.5 Å². The molecule has 2 rings (SSSR count). The Kier molecular flexibility index (Phi) is 2.99. The maximum Gasteiger partial charge on any atom is 0.191 e. The zero-order valence-corrected chi connectivity index (χ0v) is 8.82. The molecule has 0 unspecified atom stereocenters. The van der Waals surface area contributed by atoms with Crippen LogP contribution in [0.3, 0.4) is 0 Å². The second-order valence-corrected chi connectivity index (χ2v) is 4.14. The number of carbonyl (C=O) groups is 2. The third-order valence-electron chi connectivity index (χ3n) is 3.05. The largest absolute Gasteiger partial charge is 0.292 e. The molecular formula is C12H12F2O2. The van der Waals surface area contributed by atoms with Gasteiger partial charge in [0.15, 0.2) is 23.2 Å². The van der Waals surface area contributed by atoms with Gasteiger partial charge in [-0.3, -0.25) is 9.59 Å². The van der Waals surface area contributed by atoms with Crippen LogP contribution < -0.4 is 0 Å². The number of allylic oxidation sites excluding steroid dienone is 4. The first-order chi connectivity index (χ1) is 7.61. The summed E-state index contributed by atoms with van der Waals surface area (Å²) in [4.78, 5) is 22.3. The Morgan fingerprint density at radius 1 is 0.688 bits per heavy atom. The van der Waals surface area contributed by atoms with Gasteiger partial charge in [0.1, 0.15) is 0 Å². The standard InChI is InChI=1S/C12H12F2O2/c13-11-7(3-1-5-9(11)15)8-4-2-6-10(16)12(8)14/h1-6H2. The molecule has 0 fully saturated rings. The molecule has 2 nitrogen and oxygen atoms in total. The summed E-state index contributed by atoms with van der Waals surface area (Å²) in [5, 5.41) is 0. The molecule has 0 saturated carbocycles. The molecule has 0 aliphatic heterocycles. The van der Waals surface area contributed by atoms with Crippen LogP contribution in [0.4, 0.5) is 8.78 Å². The van der Waals surface area contributed by atoms with Crippen molar-refractivity contribution in [2.45, 2.75) is 38.5 Å². The van der Waals surface area contributed by atoms with Gasteiger partial charge in [-0.05, 0) is 36.8 Å². The van der Waals surface area contributed by atoms with E-state index in [1.807, 2.05) is 0 Å². The van der Waals surface area contributed by atoms with Crippen molar-refractivity contribution in [2.75, 3.05) is 0 Å². The van der Waals surface area contributed by atoms with E-state index in [1.165, 1.54) is 0 Å². The lowest BCUT2D eigenvalue weighted by atomic mass is 9.85. The molecule has 0 radical (unpaired) electrons. The number of halogens is 2. The molecule has 0 bridgehead atoms.